The predicted octanol–water partition coefficient (Wildman–Crippen LogP) is 4.17. The number of nitrogens with one attached hydrogen (secondary N) is 1. The molecule has 1 saturated heterocycles. The van der Waals surface area contributed by atoms with E-state index >= 15 is 0 Å². The number of likely N-dealkylation sites (tertiary alicyclic amines) is 1. The second kappa shape index (κ2) is 7.33. The van der Waals surface area contributed by atoms with Crippen LogP contribution in [0, 0.1) is 6.92 Å². The topological polar surface area (TPSA) is 76.5 Å². The number of benzene rings is 3. The highest BCUT2D eigenvalue weighted by Crippen LogP contribution is 2.48. The number of fused-ring (bicyclic) bond motifs is 2. The lowest BCUT2D eigenvalue weighted by atomic mass is 9.96. The third-order valence-electron chi connectivity index (χ3n) is 6.81. The van der Waals surface area contributed by atoms with Gasteiger partial charge in [-0.25, -0.2) is 4.79 Å². The van der Waals surface area contributed by atoms with Crippen LogP contribution in [0.15, 0.2) is 60.8 Å². The summed E-state index contributed by atoms with van der Waals surface area (Å²) >= 11 is 0. The Hall–Kier alpha value is -3.87. The molecule has 0 spiro atoms. The Bertz CT molecular complexity index is 1410. The van der Waals surface area contributed by atoms with Gasteiger partial charge < -0.3 is 10.2 Å². The fourth-order valence-electron chi connectivity index (χ4n) is 4.63. The summed E-state index contributed by atoms with van der Waals surface area (Å²) in [5.41, 5.74) is 2.79. The van der Waals surface area contributed by atoms with E-state index in [1.54, 1.807) is 17.2 Å². The molecule has 2 aliphatic rings. The smallest absolute Gasteiger partial charge is 0.342 e. The second-order valence-electron chi connectivity index (χ2n) is 9.00. The molecule has 1 aromatic heterocycles. The maximum atomic E-state index is 13.4. The van der Waals surface area contributed by atoms with E-state index in [-0.39, 0.29) is 11.4 Å². The minimum absolute atomic E-state index is 0.137. The zero-order valence-electron chi connectivity index (χ0n) is 18.4. The Morgan fingerprint density at radius 3 is 2.58 bits per heavy atom. The van der Waals surface area contributed by atoms with Crippen molar-refractivity contribution in [3.05, 3.63) is 77.5 Å². The standard InChI is InChI=1S/C26H24N4O3/c1-17-14-19-16-27-30(33-25(32)29-12-5-13-29)23(19)15-21(17)24(31)28-26(10-11-26)22-9-4-7-18-6-2-3-8-20(18)22/h2-4,6-9,14-16H,5,10-13H2,1H3,(H,28,31). The SMILES string of the molecule is Cc1cc2cnn(OC(=O)N3CCC3)c2cc1C(=O)NC1(c2cccc3ccccc23)CC1. The number of carbonyl (C=O) groups is 2. The molecule has 6 rings (SSSR count). The van der Waals surface area contributed by atoms with E-state index in [0.29, 0.717) is 24.2 Å². The lowest BCUT2D eigenvalue weighted by molar-refractivity contribution is 0.0652. The van der Waals surface area contributed by atoms with Gasteiger partial charge in [0, 0.05) is 24.0 Å². The summed E-state index contributed by atoms with van der Waals surface area (Å²) in [6.45, 7) is 3.30. The highest BCUT2D eigenvalue weighted by molar-refractivity contribution is 6.00. The van der Waals surface area contributed by atoms with Gasteiger partial charge in [0.25, 0.3) is 5.91 Å². The highest BCUT2D eigenvalue weighted by Gasteiger charge is 2.46. The number of amides is 2. The first-order valence-electron chi connectivity index (χ1n) is 11.3. The van der Waals surface area contributed by atoms with Gasteiger partial charge in [-0.2, -0.15) is 0 Å². The summed E-state index contributed by atoms with van der Waals surface area (Å²) in [5, 5.41) is 10.7. The number of hydrogen-bond donors (Lipinski definition) is 1. The van der Waals surface area contributed by atoms with Gasteiger partial charge in [-0.3, -0.25) is 9.63 Å². The van der Waals surface area contributed by atoms with Crippen molar-refractivity contribution in [2.75, 3.05) is 13.1 Å². The Kier molecular flexibility index (Phi) is 4.40. The minimum Gasteiger partial charge on any atom is -0.342 e. The van der Waals surface area contributed by atoms with Crippen LogP contribution in [0.4, 0.5) is 4.79 Å². The number of hydrogen-bond acceptors (Lipinski definition) is 4. The average Bonchev–Trinajstić information content (AvgIpc) is 3.45. The molecule has 7 heteroatoms. The van der Waals surface area contributed by atoms with Crippen LogP contribution in [0.25, 0.3) is 21.7 Å². The first kappa shape index (κ1) is 19.8. The molecule has 2 fully saturated rings. The van der Waals surface area contributed by atoms with Crippen molar-refractivity contribution in [3.63, 3.8) is 0 Å². The van der Waals surface area contributed by atoms with Gasteiger partial charge in [0.1, 0.15) is 5.52 Å². The number of rotatable bonds is 4. The van der Waals surface area contributed by atoms with Gasteiger partial charge in [-0.05, 0) is 60.2 Å². The lowest BCUT2D eigenvalue weighted by Gasteiger charge is -2.29. The van der Waals surface area contributed by atoms with Crippen LogP contribution in [0.2, 0.25) is 0 Å². The fraction of sp³-hybridized carbons (Fsp3) is 0.269. The van der Waals surface area contributed by atoms with Crippen molar-refractivity contribution in [1.82, 2.24) is 20.2 Å². The van der Waals surface area contributed by atoms with E-state index in [0.717, 1.165) is 35.8 Å². The van der Waals surface area contributed by atoms with Crippen LogP contribution >= 0.6 is 0 Å². The van der Waals surface area contributed by atoms with E-state index in [2.05, 4.69) is 34.7 Å². The van der Waals surface area contributed by atoms with Crippen LogP contribution in [0.5, 0.6) is 0 Å². The third-order valence-corrected chi connectivity index (χ3v) is 6.81. The van der Waals surface area contributed by atoms with E-state index in [1.807, 2.05) is 31.2 Å². The molecule has 33 heavy (non-hydrogen) atoms. The summed E-state index contributed by atoms with van der Waals surface area (Å²) in [6.07, 6.45) is 4.01. The Morgan fingerprint density at radius 2 is 1.82 bits per heavy atom. The summed E-state index contributed by atoms with van der Waals surface area (Å²) in [5.74, 6) is -0.137. The zero-order chi connectivity index (χ0) is 22.6. The Labute approximate surface area is 190 Å². The Balaban J connectivity index is 1.31. The molecule has 4 aromatic rings. The van der Waals surface area contributed by atoms with E-state index in [9.17, 15) is 9.59 Å². The molecule has 0 unspecified atom stereocenters. The zero-order valence-corrected chi connectivity index (χ0v) is 18.4. The lowest BCUT2D eigenvalue weighted by Crippen LogP contribution is -2.45. The van der Waals surface area contributed by atoms with Crippen molar-refractivity contribution < 1.29 is 14.4 Å². The largest absolute Gasteiger partial charge is 0.435 e. The second-order valence-corrected chi connectivity index (χ2v) is 9.00. The van der Waals surface area contributed by atoms with Gasteiger partial charge in [-0.15, -0.1) is 5.10 Å². The van der Waals surface area contributed by atoms with Crippen molar-refractivity contribution in [3.8, 4) is 0 Å². The maximum absolute atomic E-state index is 13.4. The van der Waals surface area contributed by atoms with Crippen LogP contribution < -0.4 is 10.2 Å². The minimum atomic E-state index is -0.425. The van der Waals surface area contributed by atoms with Crippen LogP contribution in [0.3, 0.4) is 0 Å². The number of nitrogens with zero attached hydrogens (tertiary/aromatic N) is 3. The molecule has 1 saturated carbocycles. The van der Waals surface area contributed by atoms with Gasteiger partial charge >= 0.3 is 6.09 Å². The summed E-state index contributed by atoms with van der Waals surface area (Å²) in [6, 6.07) is 18.2. The van der Waals surface area contributed by atoms with Gasteiger partial charge in [0.2, 0.25) is 0 Å². The average molecular weight is 441 g/mol. The summed E-state index contributed by atoms with van der Waals surface area (Å²) < 4.78 is 0. The molecule has 2 amide bonds. The number of aryl methyl sites for hydroxylation is 1. The normalized spacial score (nSPS) is 16.5. The van der Waals surface area contributed by atoms with Crippen LogP contribution in [-0.4, -0.2) is 39.9 Å². The van der Waals surface area contributed by atoms with E-state index in [4.69, 9.17) is 4.84 Å². The number of aromatic nitrogens is 2. The van der Waals surface area contributed by atoms with Crippen molar-refractivity contribution >= 4 is 33.7 Å². The highest BCUT2D eigenvalue weighted by atomic mass is 16.7. The maximum Gasteiger partial charge on any atom is 0.435 e. The molecular weight excluding hydrogens is 416 g/mol. The van der Waals surface area contributed by atoms with Crippen molar-refractivity contribution in [2.24, 2.45) is 0 Å². The monoisotopic (exact) mass is 440 g/mol. The quantitative estimate of drug-likeness (QED) is 0.517. The van der Waals surface area contributed by atoms with Crippen LogP contribution in [-0.2, 0) is 5.54 Å². The third kappa shape index (κ3) is 3.31. The molecule has 2 heterocycles. The molecular formula is C26H24N4O3. The molecule has 0 bridgehead atoms. The summed E-state index contributed by atoms with van der Waals surface area (Å²) in [4.78, 5) is 34.0. The van der Waals surface area contributed by atoms with E-state index < -0.39 is 6.09 Å². The fourth-order valence-corrected chi connectivity index (χ4v) is 4.63. The molecule has 3 aromatic carbocycles. The van der Waals surface area contributed by atoms with E-state index in [1.165, 1.54) is 15.6 Å². The Morgan fingerprint density at radius 1 is 1.03 bits per heavy atom. The predicted molar refractivity (Wildman–Crippen MR) is 125 cm³/mol. The first-order valence-corrected chi connectivity index (χ1v) is 11.3. The van der Waals surface area contributed by atoms with Gasteiger partial charge in [0.05, 0.1) is 11.7 Å². The molecule has 166 valence electrons. The molecule has 1 N–H and O–H groups in total. The van der Waals surface area contributed by atoms with Gasteiger partial charge in [0.15, 0.2) is 0 Å². The molecule has 7 nitrogen and oxygen atoms in total. The van der Waals surface area contributed by atoms with Crippen molar-refractivity contribution in [2.45, 2.75) is 31.7 Å². The molecule has 0 atom stereocenters. The molecule has 1 aliphatic carbocycles. The summed E-state index contributed by atoms with van der Waals surface area (Å²) in [7, 11) is 0. The molecule has 0 radical (unpaired) electrons. The van der Waals surface area contributed by atoms with Crippen LogP contribution in [0.1, 0.15) is 40.7 Å². The number of carbonyl (C=O) groups excluding carboxylic acids is 2. The van der Waals surface area contributed by atoms with Crippen molar-refractivity contribution in [1.29, 1.82) is 0 Å². The van der Waals surface area contributed by atoms with Gasteiger partial charge in [-0.1, -0.05) is 47.3 Å². The molecule has 1 aliphatic heterocycles. The first-order chi connectivity index (χ1) is 16.0.